The molecule has 0 aromatic heterocycles. The first-order valence-electron chi connectivity index (χ1n) is 6.58. The van der Waals surface area contributed by atoms with E-state index in [-0.39, 0.29) is 20.6 Å². The summed E-state index contributed by atoms with van der Waals surface area (Å²) < 4.78 is 26.5. The normalized spacial score (nSPS) is 11.3. The van der Waals surface area contributed by atoms with Gasteiger partial charge in [-0.15, -0.1) is 0 Å². The molecule has 2 rings (SSSR count). The predicted octanol–water partition coefficient (Wildman–Crippen LogP) is 4.24. The summed E-state index contributed by atoms with van der Waals surface area (Å²) in [6.45, 7) is 0.959. The van der Waals surface area contributed by atoms with Gasteiger partial charge in [0.05, 0.1) is 10.7 Å². The van der Waals surface area contributed by atoms with Crippen molar-refractivity contribution in [2.75, 3.05) is 10.8 Å². The van der Waals surface area contributed by atoms with Crippen LogP contribution in [0.3, 0.4) is 0 Å². The zero-order valence-electron chi connectivity index (χ0n) is 12.3. The van der Waals surface area contributed by atoms with Crippen LogP contribution in [0.2, 0.25) is 15.1 Å². The van der Waals surface area contributed by atoms with Crippen molar-refractivity contribution in [2.45, 2.75) is 11.8 Å². The van der Waals surface area contributed by atoms with E-state index in [1.54, 1.807) is 13.0 Å². The van der Waals surface area contributed by atoms with E-state index < -0.39 is 22.5 Å². The Kier molecular flexibility index (Phi) is 5.65. The summed E-state index contributed by atoms with van der Waals surface area (Å²) in [7, 11) is -4.25. The summed E-state index contributed by atoms with van der Waals surface area (Å²) in [6.07, 6.45) is 0. The Hall–Kier alpha value is -1.47. The Morgan fingerprint density at radius 2 is 1.75 bits per heavy atom. The topological polar surface area (TPSA) is 74.7 Å². The molecule has 5 nitrogen and oxygen atoms in total. The molecule has 1 N–H and O–H groups in total. The smallest absolute Gasteiger partial charge is 0.324 e. The minimum Gasteiger partial charge on any atom is -0.480 e. The molecule has 0 aliphatic carbocycles. The summed E-state index contributed by atoms with van der Waals surface area (Å²) in [5.41, 5.74) is 0.845. The third-order valence-electron chi connectivity index (χ3n) is 3.18. The third-order valence-corrected chi connectivity index (χ3v) is 6.08. The van der Waals surface area contributed by atoms with Gasteiger partial charge in [-0.3, -0.25) is 9.10 Å². The van der Waals surface area contributed by atoms with Crippen molar-refractivity contribution in [1.29, 1.82) is 0 Å². The lowest BCUT2D eigenvalue weighted by Crippen LogP contribution is -2.36. The highest BCUT2D eigenvalue weighted by Crippen LogP contribution is 2.32. The zero-order valence-corrected chi connectivity index (χ0v) is 15.4. The molecule has 128 valence electrons. The number of sulfonamides is 1. The van der Waals surface area contributed by atoms with Crippen molar-refractivity contribution in [2.24, 2.45) is 0 Å². The van der Waals surface area contributed by atoms with Crippen LogP contribution in [0.15, 0.2) is 41.3 Å². The minimum absolute atomic E-state index is 0.0620. The summed E-state index contributed by atoms with van der Waals surface area (Å²) in [5, 5.41) is 9.52. The third kappa shape index (κ3) is 3.95. The first-order chi connectivity index (χ1) is 11.1. The number of benzene rings is 2. The molecule has 2 aromatic carbocycles. The van der Waals surface area contributed by atoms with Crippen LogP contribution in [-0.4, -0.2) is 26.0 Å². The second-order valence-electron chi connectivity index (χ2n) is 4.91. The van der Waals surface area contributed by atoms with Gasteiger partial charge < -0.3 is 5.11 Å². The summed E-state index contributed by atoms with van der Waals surface area (Å²) in [4.78, 5) is 10.9. The summed E-state index contributed by atoms with van der Waals surface area (Å²) >= 11 is 17.8. The molecule has 0 spiro atoms. The average molecular weight is 409 g/mol. The molecule has 0 radical (unpaired) electrons. The number of aliphatic carboxylic acids is 1. The van der Waals surface area contributed by atoms with Gasteiger partial charge in [0.25, 0.3) is 10.0 Å². The van der Waals surface area contributed by atoms with Gasteiger partial charge in [-0.1, -0.05) is 40.9 Å². The van der Waals surface area contributed by atoms with Crippen LogP contribution < -0.4 is 4.31 Å². The van der Waals surface area contributed by atoms with Crippen LogP contribution in [0.1, 0.15) is 5.56 Å². The number of rotatable bonds is 5. The molecule has 0 unspecified atom stereocenters. The maximum absolute atomic E-state index is 12.9. The van der Waals surface area contributed by atoms with Crippen molar-refractivity contribution in [3.63, 3.8) is 0 Å². The Morgan fingerprint density at radius 3 is 2.33 bits per heavy atom. The van der Waals surface area contributed by atoms with Crippen LogP contribution in [0.4, 0.5) is 5.69 Å². The van der Waals surface area contributed by atoms with Gasteiger partial charge in [-0.05, 0) is 42.8 Å². The fourth-order valence-corrected chi connectivity index (χ4v) is 4.29. The largest absolute Gasteiger partial charge is 0.480 e. The molecular weight excluding hydrogens is 397 g/mol. The number of nitrogens with zero attached hydrogens (tertiary/aromatic N) is 1. The van der Waals surface area contributed by atoms with E-state index >= 15 is 0 Å². The SMILES string of the molecule is Cc1ccc(N(CC(=O)O)S(=O)(=O)c2cc(Cl)ccc2Cl)cc1Cl. The highest BCUT2D eigenvalue weighted by Gasteiger charge is 2.29. The number of anilines is 1. The molecule has 0 bridgehead atoms. The van der Waals surface area contributed by atoms with E-state index in [1.165, 1.54) is 30.3 Å². The van der Waals surface area contributed by atoms with Crippen molar-refractivity contribution >= 4 is 56.5 Å². The molecule has 0 fully saturated rings. The number of hydrogen-bond donors (Lipinski definition) is 1. The van der Waals surface area contributed by atoms with Crippen molar-refractivity contribution < 1.29 is 18.3 Å². The molecule has 0 saturated heterocycles. The molecule has 0 aliphatic rings. The van der Waals surface area contributed by atoms with E-state index in [0.717, 1.165) is 9.87 Å². The van der Waals surface area contributed by atoms with Crippen LogP contribution >= 0.6 is 34.8 Å². The number of halogens is 3. The lowest BCUT2D eigenvalue weighted by molar-refractivity contribution is -0.135. The average Bonchev–Trinajstić information content (AvgIpc) is 2.50. The Bertz CT molecular complexity index is 900. The van der Waals surface area contributed by atoms with E-state index in [4.69, 9.17) is 39.9 Å². The molecule has 0 saturated carbocycles. The monoisotopic (exact) mass is 407 g/mol. The van der Waals surface area contributed by atoms with Crippen LogP contribution in [-0.2, 0) is 14.8 Å². The Labute approximate surface area is 154 Å². The lowest BCUT2D eigenvalue weighted by Gasteiger charge is -2.23. The fraction of sp³-hybridized carbons (Fsp3) is 0.133. The van der Waals surface area contributed by atoms with E-state index in [2.05, 4.69) is 0 Å². The minimum atomic E-state index is -4.25. The van der Waals surface area contributed by atoms with Crippen molar-refractivity contribution in [3.05, 3.63) is 57.0 Å². The fourth-order valence-electron chi connectivity index (χ4n) is 1.97. The maximum atomic E-state index is 12.9. The van der Waals surface area contributed by atoms with Gasteiger partial charge in [0, 0.05) is 10.0 Å². The Morgan fingerprint density at radius 1 is 1.08 bits per heavy atom. The molecular formula is C15H12Cl3NO4S. The number of carboxylic acid groups (broad SMARTS) is 1. The van der Waals surface area contributed by atoms with Gasteiger partial charge in [0.1, 0.15) is 11.4 Å². The van der Waals surface area contributed by atoms with Crippen molar-refractivity contribution in [3.8, 4) is 0 Å². The number of aryl methyl sites for hydroxylation is 1. The van der Waals surface area contributed by atoms with E-state index in [1.807, 2.05) is 0 Å². The molecule has 0 heterocycles. The maximum Gasteiger partial charge on any atom is 0.324 e. The van der Waals surface area contributed by atoms with Crippen LogP contribution in [0.25, 0.3) is 0 Å². The van der Waals surface area contributed by atoms with E-state index in [9.17, 15) is 13.2 Å². The first kappa shape index (κ1) is 18.9. The van der Waals surface area contributed by atoms with Crippen molar-refractivity contribution in [1.82, 2.24) is 0 Å². The van der Waals surface area contributed by atoms with Gasteiger partial charge in [-0.2, -0.15) is 0 Å². The second kappa shape index (κ2) is 7.19. The van der Waals surface area contributed by atoms with Gasteiger partial charge in [0.15, 0.2) is 0 Å². The number of carbonyl (C=O) groups is 1. The first-order valence-corrected chi connectivity index (χ1v) is 9.16. The molecule has 0 aliphatic heterocycles. The highest BCUT2D eigenvalue weighted by molar-refractivity contribution is 7.93. The lowest BCUT2D eigenvalue weighted by atomic mass is 10.2. The van der Waals surface area contributed by atoms with E-state index in [0.29, 0.717) is 5.02 Å². The highest BCUT2D eigenvalue weighted by atomic mass is 35.5. The quantitative estimate of drug-likeness (QED) is 0.803. The van der Waals surface area contributed by atoms with Gasteiger partial charge >= 0.3 is 5.97 Å². The Balaban J connectivity index is 2.64. The summed E-state index contributed by atoms with van der Waals surface area (Å²) in [5.74, 6) is -1.33. The number of carboxylic acids is 1. The number of hydrogen-bond acceptors (Lipinski definition) is 3. The summed E-state index contributed by atoms with van der Waals surface area (Å²) in [6, 6.07) is 8.40. The standard InChI is InChI=1S/C15H12Cl3NO4S/c1-9-2-4-11(7-13(9)18)19(8-15(20)21)24(22,23)14-6-10(16)3-5-12(14)17/h2-7H,8H2,1H3,(H,20,21). The van der Waals surface area contributed by atoms with Gasteiger partial charge in [-0.25, -0.2) is 8.42 Å². The molecule has 0 atom stereocenters. The van der Waals surface area contributed by atoms with Gasteiger partial charge in [0.2, 0.25) is 0 Å². The molecule has 0 amide bonds. The second-order valence-corrected chi connectivity index (χ2v) is 8.00. The molecule has 9 heteroatoms. The van der Waals surface area contributed by atoms with Crippen LogP contribution in [0.5, 0.6) is 0 Å². The predicted molar refractivity (Wildman–Crippen MR) is 94.8 cm³/mol. The van der Waals surface area contributed by atoms with Crippen LogP contribution in [0, 0.1) is 6.92 Å². The zero-order chi connectivity index (χ0) is 18.1. The molecule has 2 aromatic rings. The molecule has 24 heavy (non-hydrogen) atoms.